The highest BCUT2D eigenvalue weighted by molar-refractivity contribution is 6.30. The average molecular weight is 279 g/mol. The Morgan fingerprint density at radius 3 is 2.58 bits per heavy atom. The lowest BCUT2D eigenvalue weighted by atomic mass is 9.87. The molecule has 19 heavy (non-hydrogen) atoms. The zero-order valence-electron chi connectivity index (χ0n) is 11.0. The number of aryl methyl sites for hydroxylation is 1. The fourth-order valence-corrected chi connectivity index (χ4v) is 2.34. The van der Waals surface area contributed by atoms with Crippen LogP contribution in [0.2, 0.25) is 5.02 Å². The number of rotatable bonds is 3. The summed E-state index contributed by atoms with van der Waals surface area (Å²) in [7, 11) is 0. The van der Waals surface area contributed by atoms with E-state index < -0.39 is 5.60 Å². The Morgan fingerprint density at radius 1 is 1.21 bits per heavy atom. The van der Waals surface area contributed by atoms with Crippen molar-refractivity contribution >= 4 is 11.6 Å². The van der Waals surface area contributed by atoms with Crippen molar-refractivity contribution in [1.82, 2.24) is 0 Å². The van der Waals surface area contributed by atoms with Crippen molar-refractivity contribution in [3.05, 3.63) is 70.0 Å². The van der Waals surface area contributed by atoms with Gasteiger partial charge in [0.1, 0.15) is 5.82 Å². The zero-order chi connectivity index (χ0) is 14.0. The molecule has 0 aliphatic carbocycles. The summed E-state index contributed by atoms with van der Waals surface area (Å²) >= 11 is 5.95. The third kappa shape index (κ3) is 3.34. The quantitative estimate of drug-likeness (QED) is 0.890. The van der Waals surface area contributed by atoms with E-state index in [-0.39, 0.29) is 5.82 Å². The molecule has 1 atom stereocenters. The molecule has 1 N–H and O–H groups in total. The van der Waals surface area contributed by atoms with Gasteiger partial charge >= 0.3 is 0 Å². The molecule has 0 aliphatic heterocycles. The van der Waals surface area contributed by atoms with E-state index in [1.54, 1.807) is 25.1 Å². The van der Waals surface area contributed by atoms with E-state index in [1.165, 1.54) is 12.1 Å². The smallest absolute Gasteiger partial charge is 0.123 e. The van der Waals surface area contributed by atoms with E-state index >= 15 is 0 Å². The van der Waals surface area contributed by atoms with Crippen LogP contribution in [0.15, 0.2) is 42.5 Å². The third-order valence-electron chi connectivity index (χ3n) is 3.29. The normalized spacial score (nSPS) is 14.2. The lowest BCUT2D eigenvalue weighted by molar-refractivity contribution is 0.0574. The van der Waals surface area contributed by atoms with Crippen LogP contribution >= 0.6 is 11.6 Å². The second kappa shape index (κ2) is 5.32. The van der Waals surface area contributed by atoms with E-state index in [0.29, 0.717) is 11.4 Å². The molecule has 0 aromatic heterocycles. The summed E-state index contributed by atoms with van der Waals surface area (Å²) in [5.41, 5.74) is 1.48. The Hall–Kier alpha value is -1.38. The van der Waals surface area contributed by atoms with Crippen molar-refractivity contribution in [2.24, 2.45) is 0 Å². The molecule has 0 bridgehead atoms. The lowest BCUT2D eigenvalue weighted by Crippen LogP contribution is -2.24. The SMILES string of the molecule is Cc1cc(F)ccc1CC(C)(O)c1cccc(Cl)c1. The molecule has 1 nitrogen and oxygen atoms in total. The number of aliphatic hydroxyl groups is 1. The Kier molecular flexibility index (Phi) is 3.93. The molecule has 2 rings (SSSR count). The van der Waals surface area contributed by atoms with Crippen molar-refractivity contribution in [2.75, 3.05) is 0 Å². The van der Waals surface area contributed by atoms with Crippen molar-refractivity contribution in [3.8, 4) is 0 Å². The summed E-state index contributed by atoms with van der Waals surface area (Å²) in [6.45, 7) is 3.58. The van der Waals surface area contributed by atoms with E-state index in [2.05, 4.69) is 0 Å². The second-order valence-corrected chi connectivity index (χ2v) is 5.47. The molecule has 0 amide bonds. The highest BCUT2D eigenvalue weighted by Crippen LogP contribution is 2.28. The number of halogens is 2. The Labute approximate surface area is 117 Å². The number of hydrogen-bond acceptors (Lipinski definition) is 1. The van der Waals surface area contributed by atoms with E-state index in [9.17, 15) is 9.50 Å². The van der Waals surface area contributed by atoms with Gasteiger partial charge in [-0.25, -0.2) is 4.39 Å². The fourth-order valence-electron chi connectivity index (χ4n) is 2.15. The minimum atomic E-state index is -1.03. The van der Waals surface area contributed by atoms with Gasteiger partial charge in [-0.2, -0.15) is 0 Å². The van der Waals surface area contributed by atoms with Crippen LogP contribution in [0.5, 0.6) is 0 Å². The summed E-state index contributed by atoms with van der Waals surface area (Å²) in [6.07, 6.45) is 0.416. The number of hydrogen-bond donors (Lipinski definition) is 1. The molecule has 0 fully saturated rings. The first-order chi connectivity index (χ1) is 8.88. The molecular weight excluding hydrogens is 263 g/mol. The minimum absolute atomic E-state index is 0.261. The summed E-state index contributed by atoms with van der Waals surface area (Å²) in [4.78, 5) is 0. The second-order valence-electron chi connectivity index (χ2n) is 5.03. The molecule has 3 heteroatoms. The third-order valence-corrected chi connectivity index (χ3v) is 3.52. The summed E-state index contributed by atoms with van der Waals surface area (Å²) in [5, 5.41) is 11.2. The van der Waals surface area contributed by atoms with Crippen LogP contribution in [-0.4, -0.2) is 5.11 Å². The van der Waals surface area contributed by atoms with Crippen molar-refractivity contribution in [2.45, 2.75) is 25.9 Å². The maximum Gasteiger partial charge on any atom is 0.123 e. The van der Waals surface area contributed by atoms with Gasteiger partial charge in [0, 0.05) is 11.4 Å². The van der Waals surface area contributed by atoms with Crippen LogP contribution in [0, 0.1) is 12.7 Å². The summed E-state index contributed by atoms with van der Waals surface area (Å²) < 4.78 is 13.1. The molecule has 0 saturated heterocycles. The minimum Gasteiger partial charge on any atom is -0.385 e. The summed E-state index contributed by atoms with van der Waals surface area (Å²) in [6, 6.07) is 11.8. The summed E-state index contributed by atoms with van der Waals surface area (Å²) in [5.74, 6) is -0.261. The molecular formula is C16H16ClFO. The van der Waals surface area contributed by atoms with Gasteiger partial charge in [-0.15, -0.1) is 0 Å². The number of benzene rings is 2. The van der Waals surface area contributed by atoms with Gasteiger partial charge < -0.3 is 5.11 Å². The first-order valence-corrected chi connectivity index (χ1v) is 6.50. The van der Waals surface area contributed by atoms with Crippen molar-refractivity contribution in [3.63, 3.8) is 0 Å². The molecule has 0 heterocycles. The molecule has 2 aromatic rings. The van der Waals surface area contributed by atoms with Crippen molar-refractivity contribution in [1.29, 1.82) is 0 Å². The van der Waals surface area contributed by atoms with Gasteiger partial charge in [-0.3, -0.25) is 0 Å². The monoisotopic (exact) mass is 278 g/mol. The predicted molar refractivity (Wildman–Crippen MR) is 75.9 cm³/mol. The largest absolute Gasteiger partial charge is 0.385 e. The van der Waals surface area contributed by atoms with Gasteiger partial charge in [-0.05, 0) is 54.8 Å². The standard InChI is InChI=1S/C16H16ClFO/c1-11-8-15(18)7-6-12(11)10-16(2,19)13-4-3-5-14(17)9-13/h3-9,19H,10H2,1-2H3. The van der Waals surface area contributed by atoms with Crippen LogP contribution < -0.4 is 0 Å². The topological polar surface area (TPSA) is 20.2 Å². The molecule has 0 saturated carbocycles. The highest BCUT2D eigenvalue weighted by Gasteiger charge is 2.24. The molecule has 0 aliphatic rings. The molecule has 2 aromatic carbocycles. The van der Waals surface area contributed by atoms with Gasteiger partial charge in [0.15, 0.2) is 0 Å². The van der Waals surface area contributed by atoms with Gasteiger partial charge in [0.05, 0.1) is 5.60 Å². The van der Waals surface area contributed by atoms with Crippen LogP contribution in [0.3, 0.4) is 0 Å². The zero-order valence-corrected chi connectivity index (χ0v) is 11.7. The van der Waals surface area contributed by atoms with Gasteiger partial charge in [0.25, 0.3) is 0 Å². The maximum atomic E-state index is 13.1. The first-order valence-electron chi connectivity index (χ1n) is 6.12. The van der Waals surface area contributed by atoms with E-state index in [4.69, 9.17) is 11.6 Å². The highest BCUT2D eigenvalue weighted by atomic mass is 35.5. The first kappa shape index (κ1) is 14.0. The molecule has 0 spiro atoms. The lowest BCUT2D eigenvalue weighted by Gasteiger charge is -2.25. The van der Waals surface area contributed by atoms with Gasteiger partial charge in [-0.1, -0.05) is 29.8 Å². The van der Waals surface area contributed by atoms with Crippen LogP contribution in [0.1, 0.15) is 23.6 Å². The van der Waals surface area contributed by atoms with Crippen molar-refractivity contribution < 1.29 is 9.50 Å². The van der Waals surface area contributed by atoms with E-state index in [1.807, 2.05) is 19.1 Å². The molecule has 1 unspecified atom stereocenters. The molecule has 100 valence electrons. The average Bonchev–Trinajstić information content (AvgIpc) is 2.33. The van der Waals surface area contributed by atoms with Crippen LogP contribution in [-0.2, 0) is 12.0 Å². The maximum absolute atomic E-state index is 13.1. The van der Waals surface area contributed by atoms with Crippen LogP contribution in [0.25, 0.3) is 0 Å². The van der Waals surface area contributed by atoms with Gasteiger partial charge in [0.2, 0.25) is 0 Å². The Morgan fingerprint density at radius 2 is 1.95 bits per heavy atom. The Bertz CT molecular complexity index is 593. The van der Waals surface area contributed by atoms with Crippen LogP contribution in [0.4, 0.5) is 4.39 Å². The predicted octanol–water partition coefficient (Wildman–Crippen LogP) is 4.24. The van der Waals surface area contributed by atoms with E-state index in [0.717, 1.165) is 16.7 Å². The molecule has 0 radical (unpaired) electrons. The fraction of sp³-hybridized carbons (Fsp3) is 0.250. The Balaban J connectivity index is 2.30.